The Labute approximate surface area is 148 Å². The zero-order valence-corrected chi connectivity index (χ0v) is 15.1. The van der Waals surface area contributed by atoms with E-state index in [0.717, 1.165) is 29.7 Å². The van der Waals surface area contributed by atoms with Crippen LogP contribution in [0.4, 0.5) is 0 Å². The van der Waals surface area contributed by atoms with Gasteiger partial charge in [0.15, 0.2) is 0 Å². The minimum Gasteiger partial charge on any atom is -0.331 e. The van der Waals surface area contributed by atoms with Crippen molar-refractivity contribution in [1.82, 2.24) is 19.9 Å². The molecule has 6 heteroatoms. The van der Waals surface area contributed by atoms with Crippen molar-refractivity contribution in [3.8, 4) is 0 Å². The molecule has 1 aromatic carbocycles. The van der Waals surface area contributed by atoms with Crippen LogP contribution in [-0.2, 0) is 18.3 Å². The quantitative estimate of drug-likeness (QED) is 0.624. The molecule has 2 N–H and O–H groups in total. The van der Waals surface area contributed by atoms with Gasteiger partial charge in [-0.1, -0.05) is 31.4 Å². The van der Waals surface area contributed by atoms with Crippen molar-refractivity contribution in [3.63, 3.8) is 0 Å². The molecule has 1 amide bonds. The van der Waals surface area contributed by atoms with Gasteiger partial charge in [0.25, 0.3) is 5.91 Å². The average molecular weight is 344 g/mol. The number of nitrogens with zero attached hydrogens (tertiary/aromatic N) is 3. The van der Waals surface area contributed by atoms with Gasteiger partial charge in [0.2, 0.25) is 0 Å². The minimum absolute atomic E-state index is 0.327. The Morgan fingerprint density at radius 2 is 2.08 bits per heavy atom. The van der Waals surface area contributed by atoms with E-state index in [0.29, 0.717) is 18.9 Å². The molecule has 1 aliphatic rings. The number of hydroxylamine groups is 1. The first-order chi connectivity index (χ1) is 12.1. The summed E-state index contributed by atoms with van der Waals surface area (Å²) in [6.45, 7) is 0. The maximum absolute atomic E-state index is 12.2. The van der Waals surface area contributed by atoms with E-state index >= 15 is 0 Å². The molecule has 0 saturated heterocycles. The fraction of sp³-hybridized carbons (Fsp3) is 0.579. The number of fused-ring (bicyclic) bond motifs is 1. The van der Waals surface area contributed by atoms with Crippen molar-refractivity contribution < 1.29 is 10.0 Å². The van der Waals surface area contributed by atoms with Gasteiger partial charge in [-0.3, -0.25) is 14.9 Å². The SMILES string of the molecule is CN(C1CCCCC1)[C@@H](CCc1nc2ccccc2n1C)C(=O)NO. The molecule has 3 rings (SSSR count). The van der Waals surface area contributed by atoms with E-state index in [9.17, 15) is 10.0 Å². The summed E-state index contributed by atoms with van der Waals surface area (Å²) in [6.07, 6.45) is 7.29. The number of para-hydroxylation sites is 2. The normalized spacial score (nSPS) is 17.1. The van der Waals surface area contributed by atoms with Crippen molar-refractivity contribution in [2.24, 2.45) is 7.05 Å². The number of carbonyl (C=O) groups is 1. The smallest absolute Gasteiger partial charge is 0.260 e. The summed E-state index contributed by atoms with van der Waals surface area (Å²) in [7, 11) is 4.02. The van der Waals surface area contributed by atoms with Crippen LogP contribution in [0.15, 0.2) is 24.3 Å². The molecule has 0 spiro atoms. The van der Waals surface area contributed by atoms with E-state index in [1.807, 2.05) is 37.8 Å². The summed E-state index contributed by atoms with van der Waals surface area (Å²) >= 11 is 0. The Hall–Kier alpha value is -1.92. The molecule has 1 fully saturated rings. The molecule has 1 aliphatic carbocycles. The highest BCUT2D eigenvalue weighted by Gasteiger charge is 2.29. The van der Waals surface area contributed by atoms with Crippen LogP contribution in [0.3, 0.4) is 0 Å². The molecule has 0 bridgehead atoms. The second-order valence-corrected chi connectivity index (χ2v) is 7.06. The van der Waals surface area contributed by atoms with Crippen molar-refractivity contribution >= 4 is 16.9 Å². The van der Waals surface area contributed by atoms with Gasteiger partial charge < -0.3 is 4.57 Å². The van der Waals surface area contributed by atoms with Crippen LogP contribution in [-0.4, -0.2) is 44.7 Å². The third-order valence-corrected chi connectivity index (χ3v) is 5.58. The molecule has 0 aliphatic heterocycles. The van der Waals surface area contributed by atoms with Crippen LogP contribution in [0.1, 0.15) is 44.3 Å². The molecule has 6 nitrogen and oxygen atoms in total. The molecule has 2 aromatic rings. The minimum atomic E-state index is -0.340. The number of imidazole rings is 1. The monoisotopic (exact) mass is 344 g/mol. The molecule has 1 atom stereocenters. The van der Waals surface area contributed by atoms with Gasteiger partial charge >= 0.3 is 0 Å². The molecule has 25 heavy (non-hydrogen) atoms. The second-order valence-electron chi connectivity index (χ2n) is 7.06. The maximum Gasteiger partial charge on any atom is 0.260 e. The lowest BCUT2D eigenvalue weighted by Crippen LogP contribution is -2.49. The van der Waals surface area contributed by atoms with E-state index in [-0.39, 0.29) is 11.9 Å². The van der Waals surface area contributed by atoms with Crippen molar-refractivity contribution in [2.45, 2.75) is 57.0 Å². The number of nitrogens with one attached hydrogen (secondary N) is 1. The van der Waals surface area contributed by atoms with Gasteiger partial charge in [-0.05, 0) is 38.4 Å². The summed E-state index contributed by atoms with van der Waals surface area (Å²) in [5.74, 6) is 0.640. The van der Waals surface area contributed by atoms with E-state index in [1.54, 1.807) is 0 Å². The molecule has 1 aromatic heterocycles. The standard InChI is InChI=1S/C19H28N4O2/c1-22(14-8-4-3-5-9-14)17(19(24)21-25)12-13-18-20-15-10-6-7-11-16(15)23(18)2/h6-7,10-11,14,17,25H,3-5,8-9,12-13H2,1-2H3,(H,21,24)/t17-/m0/s1. The van der Waals surface area contributed by atoms with Gasteiger partial charge in [-0.2, -0.15) is 0 Å². The van der Waals surface area contributed by atoms with E-state index in [2.05, 4.69) is 15.5 Å². The predicted molar refractivity (Wildman–Crippen MR) is 97.4 cm³/mol. The van der Waals surface area contributed by atoms with Crippen LogP contribution >= 0.6 is 0 Å². The molecule has 136 valence electrons. The summed E-state index contributed by atoms with van der Waals surface area (Å²) in [4.78, 5) is 19.1. The van der Waals surface area contributed by atoms with Crippen LogP contribution in [0.2, 0.25) is 0 Å². The number of carbonyl (C=O) groups excluding carboxylic acids is 1. The van der Waals surface area contributed by atoms with Crippen molar-refractivity contribution in [3.05, 3.63) is 30.1 Å². The average Bonchev–Trinajstić information content (AvgIpc) is 2.98. The fourth-order valence-electron chi connectivity index (χ4n) is 4.02. The van der Waals surface area contributed by atoms with Crippen LogP contribution in [0.25, 0.3) is 11.0 Å². The topological polar surface area (TPSA) is 70.4 Å². The number of hydrogen-bond acceptors (Lipinski definition) is 4. The lowest BCUT2D eigenvalue weighted by molar-refractivity contribution is -0.135. The van der Waals surface area contributed by atoms with Crippen molar-refractivity contribution in [2.75, 3.05) is 7.05 Å². The number of likely N-dealkylation sites (N-methyl/N-ethyl adjacent to an activating group) is 1. The van der Waals surface area contributed by atoms with Crippen molar-refractivity contribution in [1.29, 1.82) is 0 Å². The highest BCUT2D eigenvalue weighted by atomic mass is 16.5. The Bertz CT molecular complexity index is 721. The number of hydrogen-bond donors (Lipinski definition) is 2. The first kappa shape index (κ1) is 17.9. The van der Waals surface area contributed by atoms with Gasteiger partial charge in [0.05, 0.1) is 17.1 Å². The number of aromatic nitrogens is 2. The molecular weight excluding hydrogens is 316 g/mol. The first-order valence-electron chi connectivity index (χ1n) is 9.18. The Kier molecular flexibility index (Phi) is 5.71. The molecular formula is C19H28N4O2. The Morgan fingerprint density at radius 1 is 1.36 bits per heavy atom. The van der Waals surface area contributed by atoms with Gasteiger partial charge in [0, 0.05) is 19.5 Å². The summed E-state index contributed by atoms with van der Waals surface area (Å²) < 4.78 is 2.09. The third kappa shape index (κ3) is 3.85. The molecule has 1 saturated carbocycles. The fourth-order valence-corrected chi connectivity index (χ4v) is 4.02. The summed E-state index contributed by atoms with van der Waals surface area (Å²) in [5, 5.41) is 9.17. The lowest BCUT2D eigenvalue weighted by atomic mass is 9.93. The van der Waals surface area contributed by atoms with Gasteiger partial charge in [0.1, 0.15) is 5.82 Å². The van der Waals surface area contributed by atoms with Crippen LogP contribution in [0, 0.1) is 0 Å². The molecule has 1 heterocycles. The Morgan fingerprint density at radius 3 is 2.76 bits per heavy atom. The zero-order valence-electron chi connectivity index (χ0n) is 15.1. The number of rotatable bonds is 6. The van der Waals surface area contributed by atoms with E-state index in [4.69, 9.17) is 4.98 Å². The Balaban J connectivity index is 1.73. The largest absolute Gasteiger partial charge is 0.331 e. The molecule has 0 radical (unpaired) electrons. The number of aryl methyl sites for hydroxylation is 2. The van der Waals surface area contributed by atoms with Gasteiger partial charge in [-0.25, -0.2) is 10.5 Å². The summed E-state index contributed by atoms with van der Waals surface area (Å²) in [6, 6.07) is 8.12. The first-order valence-corrected chi connectivity index (χ1v) is 9.18. The zero-order chi connectivity index (χ0) is 17.8. The van der Waals surface area contributed by atoms with Crippen LogP contribution in [0.5, 0.6) is 0 Å². The number of benzene rings is 1. The predicted octanol–water partition coefficient (Wildman–Crippen LogP) is 2.64. The van der Waals surface area contributed by atoms with E-state index in [1.165, 1.54) is 19.3 Å². The van der Waals surface area contributed by atoms with Crippen LogP contribution < -0.4 is 5.48 Å². The van der Waals surface area contributed by atoms with Gasteiger partial charge in [-0.15, -0.1) is 0 Å². The maximum atomic E-state index is 12.2. The third-order valence-electron chi connectivity index (χ3n) is 5.58. The molecule has 0 unspecified atom stereocenters. The lowest BCUT2D eigenvalue weighted by Gasteiger charge is -2.36. The summed E-state index contributed by atoms with van der Waals surface area (Å²) in [5.41, 5.74) is 3.93. The highest BCUT2D eigenvalue weighted by molar-refractivity contribution is 5.80. The second kappa shape index (κ2) is 7.97. The van der Waals surface area contributed by atoms with E-state index < -0.39 is 0 Å². The number of amides is 1. The highest BCUT2D eigenvalue weighted by Crippen LogP contribution is 2.25.